The number of hydrogen-bond acceptors (Lipinski definition) is 2. The number of carbonyl (C=O) groups excluding carboxylic acids is 1. The molecule has 0 atom stereocenters. The van der Waals surface area contributed by atoms with E-state index in [4.69, 9.17) is 4.74 Å². The van der Waals surface area contributed by atoms with Crippen LogP contribution >= 0.6 is 0 Å². The summed E-state index contributed by atoms with van der Waals surface area (Å²) in [6.07, 6.45) is 5.62. The van der Waals surface area contributed by atoms with Crippen molar-refractivity contribution in [1.29, 1.82) is 0 Å². The third-order valence-corrected chi connectivity index (χ3v) is 2.91. The van der Waals surface area contributed by atoms with Crippen LogP contribution in [0.2, 0.25) is 0 Å². The van der Waals surface area contributed by atoms with Gasteiger partial charge in [0.1, 0.15) is 5.76 Å². The van der Waals surface area contributed by atoms with E-state index in [1.165, 1.54) is 0 Å². The minimum atomic E-state index is 0.0836. The van der Waals surface area contributed by atoms with Gasteiger partial charge in [-0.3, -0.25) is 4.79 Å². The number of ketones is 1. The van der Waals surface area contributed by atoms with Crippen molar-refractivity contribution in [3.63, 3.8) is 0 Å². The summed E-state index contributed by atoms with van der Waals surface area (Å²) in [6, 6.07) is 0. The first-order chi connectivity index (χ1) is 7.46. The average Bonchev–Trinajstić information content (AvgIpc) is 2.22. The summed E-state index contributed by atoms with van der Waals surface area (Å²) in [5, 5.41) is 0. The molecule has 2 nitrogen and oxygen atoms in total. The molecule has 0 aromatic rings. The number of ether oxygens (including phenoxy) is 1. The van der Waals surface area contributed by atoms with Crippen LogP contribution in [0.25, 0.3) is 0 Å². The number of carbonyl (C=O) groups is 1. The first-order valence-electron chi connectivity index (χ1n) is 6.04. The highest BCUT2D eigenvalue weighted by atomic mass is 16.5. The third kappa shape index (κ3) is 3.51. The minimum Gasteiger partial charge on any atom is -0.493 e. The van der Waals surface area contributed by atoms with Crippen molar-refractivity contribution in [1.82, 2.24) is 0 Å². The Morgan fingerprint density at radius 1 is 1.56 bits per heavy atom. The highest BCUT2D eigenvalue weighted by Gasteiger charge is 2.27. The van der Waals surface area contributed by atoms with E-state index in [-0.39, 0.29) is 11.2 Å². The Hall–Kier alpha value is -1.05. The molecule has 2 heteroatoms. The highest BCUT2D eigenvalue weighted by Crippen LogP contribution is 2.33. The highest BCUT2D eigenvalue weighted by molar-refractivity contribution is 5.99. The molecule has 1 aliphatic carbocycles. The molecule has 16 heavy (non-hydrogen) atoms. The molecule has 0 unspecified atom stereocenters. The SMILES string of the molecule is C=C(OCCCC)C1=CC(C)(C)CCC1=O. The Labute approximate surface area is 98.4 Å². The van der Waals surface area contributed by atoms with Gasteiger partial charge in [-0.2, -0.15) is 0 Å². The maximum Gasteiger partial charge on any atom is 0.166 e. The zero-order valence-corrected chi connectivity index (χ0v) is 10.6. The topological polar surface area (TPSA) is 26.3 Å². The van der Waals surface area contributed by atoms with E-state index in [1.807, 2.05) is 6.08 Å². The quantitative estimate of drug-likeness (QED) is 0.524. The lowest BCUT2D eigenvalue weighted by molar-refractivity contribution is -0.116. The van der Waals surface area contributed by atoms with E-state index in [2.05, 4.69) is 27.4 Å². The maximum absolute atomic E-state index is 11.7. The largest absolute Gasteiger partial charge is 0.493 e. The Kier molecular flexibility index (Phi) is 4.34. The monoisotopic (exact) mass is 222 g/mol. The van der Waals surface area contributed by atoms with Crippen LogP contribution in [0.4, 0.5) is 0 Å². The summed E-state index contributed by atoms with van der Waals surface area (Å²) in [4.78, 5) is 11.7. The van der Waals surface area contributed by atoms with E-state index in [1.54, 1.807) is 0 Å². The molecule has 0 fully saturated rings. The zero-order chi connectivity index (χ0) is 12.2. The van der Waals surface area contributed by atoms with Crippen LogP contribution in [0.15, 0.2) is 24.0 Å². The smallest absolute Gasteiger partial charge is 0.166 e. The molecule has 0 N–H and O–H groups in total. The van der Waals surface area contributed by atoms with Crippen LogP contribution in [0, 0.1) is 5.41 Å². The lowest BCUT2D eigenvalue weighted by Crippen LogP contribution is -2.21. The fraction of sp³-hybridized carbons (Fsp3) is 0.643. The third-order valence-electron chi connectivity index (χ3n) is 2.91. The minimum absolute atomic E-state index is 0.0836. The van der Waals surface area contributed by atoms with Crippen molar-refractivity contribution < 1.29 is 9.53 Å². The van der Waals surface area contributed by atoms with Crippen LogP contribution in [-0.4, -0.2) is 12.4 Å². The van der Waals surface area contributed by atoms with Crippen molar-refractivity contribution in [3.05, 3.63) is 24.0 Å². The second-order valence-corrected chi connectivity index (χ2v) is 5.09. The molecule has 0 aromatic carbocycles. The van der Waals surface area contributed by atoms with Crippen LogP contribution in [0.5, 0.6) is 0 Å². The first kappa shape index (κ1) is 13.0. The second kappa shape index (κ2) is 5.33. The molecule has 0 spiro atoms. The molecule has 0 amide bonds. The van der Waals surface area contributed by atoms with Gasteiger partial charge in [-0.05, 0) is 18.3 Å². The molecule has 1 rings (SSSR count). The maximum atomic E-state index is 11.7. The van der Waals surface area contributed by atoms with Crippen molar-refractivity contribution in [2.75, 3.05) is 6.61 Å². The van der Waals surface area contributed by atoms with Crippen LogP contribution in [0.3, 0.4) is 0 Å². The summed E-state index contributed by atoms with van der Waals surface area (Å²) in [6.45, 7) is 10.9. The fourth-order valence-electron chi connectivity index (χ4n) is 1.77. The molecule has 0 saturated carbocycles. The normalized spacial score (nSPS) is 19.2. The Balaban J connectivity index is 2.66. The second-order valence-electron chi connectivity index (χ2n) is 5.09. The van der Waals surface area contributed by atoms with E-state index in [0.29, 0.717) is 24.4 Å². The number of unbranched alkanes of at least 4 members (excludes halogenated alkanes) is 1. The van der Waals surface area contributed by atoms with Gasteiger partial charge in [0.05, 0.1) is 12.2 Å². The van der Waals surface area contributed by atoms with E-state index < -0.39 is 0 Å². The molecular weight excluding hydrogens is 200 g/mol. The lowest BCUT2D eigenvalue weighted by atomic mass is 9.79. The summed E-state index contributed by atoms with van der Waals surface area (Å²) >= 11 is 0. The molecule has 0 bridgehead atoms. The van der Waals surface area contributed by atoms with E-state index in [9.17, 15) is 4.79 Å². The molecule has 90 valence electrons. The van der Waals surface area contributed by atoms with E-state index >= 15 is 0 Å². The summed E-state index contributed by atoms with van der Waals surface area (Å²) in [5.74, 6) is 0.715. The van der Waals surface area contributed by atoms with E-state index in [0.717, 1.165) is 19.3 Å². The molecule has 0 heterocycles. The van der Waals surface area contributed by atoms with Gasteiger partial charge in [-0.15, -0.1) is 0 Å². The van der Waals surface area contributed by atoms with Gasteiger partial charge in [0.25, 0.3) is 0 Å². The number of rotatable bonds is 5. The van der Waals surface area contributed by atoms with Gasteiger partial charge in [0.15, 0.2) is 5.78 Å². The molecule has 0 saturated heterocycles. The lowest BCUT2D eigenvalue weighted by Gasteiger charge is -2.27. The standard InChI is InChI=1S/C14H22O2/c1-5-6-9-16-11(2)12-10-14(3,4)8-7-13(12)15/h10H,2,5-9H2,1,3-4H3. The number of allylic oxidation sites excluding steroid dienone is 2. The first-order valence-corrected chi connectivity index (χ1v) is 6.04. The number of Topliss-reactive ketones (excluding diaryl/α,β-unsaturated/α-hetero) is 1. The Morgan fingerprint density at radius 2 is 2.25 bits per heavy atom. The molecule has 1 aliphatic rings. The molecular formula is C14H22O2. The van der Waals surface area contributed by atoms with Gasteiger partial charge in [-0.1, -0.05) is 39.8 Å². The van der Waals surface area contributed by atoms with Gasteiger partial charge >= 0.3 is 0 Å². The zero-order valence-electron chi connectivity index (χ0n) is 10.6. The van der Waals surface area contributed by atoms with Crippen molar-refractivity contribution in [2.45, 2.75) is 46.5 Å². The van der Waals surface area contributed by atoms with Gasteiger partial charge in [0, 0.05) is 6.42 Å². The Morgan fingerprint density at radius 3 is 2.88 bits per heavy atom. The van der Waals surface area contributed by atoms with Gasteiger partial charge in [0.2, 0.25) is 0 Å². The average molecular weight is 222 g/mol. The van der Waals surface area contributed by atoms with Crippen molar-refractivity contribution in [3.8, 4) is 0 Å². The van der Waals surface area contributed by atoms with Crippen LogP contribution in [-0.2, 0) is 9.53 Å². The molecule has 0 radical (unpaired) electrons. The molecule has 0 aliphatic heterocycles. The Bertz CT molecular complexity index is 311. The predicted molar refractivity (Wildman–Crippen MR) is 66.1 cm³/mol. The van der Waals surface area contributed by atoms with Crippen LogP contribution in [0.1, 0.15) is 46.5 Å². The van der Waals surface area contributed by atoms with Gasteiger partial charge < -0.3 is 4.74 Å². The summed E-state index contributed by atoms with van der Waals surface area (Å²) in [5.41, 5.74) is 0.771. The predicted octanol–water partition coefficient (Wildman–Crippen LogP) is 3.63. The van der Waals surface area contributed by atoms with Crippen molar-refractivity contribution >= 4 is 5.78 Å². The molecule has 0 aromatic heterocycles. The summed E-state index contributed by atoms with van der Waals surface area (Å²) in [7, 11) is 0. The van der Waals surface area contributed by atoms with Crippen molar-refractivity contribution in [2.24, 2.45) is 5.41 Å². The summed E-state index contributed by atoms with van der Waals surface area (Å²) < 4.78 is 5.50. The number of hydrogen-bond donors (Lipinski definition) is 0. The fourth-order valence-corrected chi connectivity index (χ4v) is 1.77. The van der Waals surface area contributed by atoms with Crippen LogP contribution < -0.4 is 0 Å². The van der Waals surface area contributed by atoms with Gasteiger partial charge in [-0.25, -0.2) is 0 Å².